The summed E-state index contributed by atoms with van der Waals surface area (Å²) >= 11 is 0. The predicted octanol–water partition coefficient (Wildman–Crippen LogP) is 3.01. The molecule has 178 valence electrons. The molecule has 0 spiro atoms. The standard InChI is InChI=1S/C24H28N6O4/c1-24(2,3)21-16(8-9-29(21)23(31)32)17-12-15(20-22(25)26-13-27-30(17)20)7-6-14-10-18(33-4)28-19(11-14)34-5/h10-13,16,21H,8-9H2,1-5H3,(H,31,32)(H2,25,26,27). The number of nitrogens with zero attached hydrogens (tertiary/aromatic N) is 5. The van der Waals surface area contributed by atoms with Gasteiger partial charge in [-0.2, -0.15) is 10.1 Å². The van der Waals surface area contributed by atoms with E-state index < -0.39 is 6.09 Å². The van der Waals surface area contributed by atoms with Gasteiger partial charge < -0.3 is 25.2 Å². The van der Waals surface area contributed by atoms with Gasteiger partial charge >= 0.3 is 6.09 Å². The zero-order chi connectivity index (χ0) is 24.6. The smallest absolute Gasteiger partial charge is 0.407 e. The molecule has 3 aromatic rings. The molecule has 34 heavy (non-hydrogen) atoms. The number of rotatable bonds is 3. The van der Waals surface area contributed by atoms with E-state index in [4.69, 9.17) is 15.2 Å². The minimum Gasteiger partial charge on any atom is -0.481 e. The fraction of sp³-hybridized carbons (Fsp3) is 0.417. The number of carbonyl (C=O) groups is 1. The topological polar surface area (TPSA) is 128 Å². The fourth-order valence-electron chi connectivity index (χ4n) is 4.74. The molecule has 2 atom stereocenters. The van der Waals surface area contributed by atoms with Crippen LogP contribution >= 0.6 is 0 Å². The van der Waals surface area contributed by atoms with Crippen LogP contribution in [0.3, 0.4) is 0 Å². The largest absolute Gasteiger partial charge is 0.481 e. The van der Waals surface area contributed by atoms with Crippen LogP contribution in [0.2, 0.25) is 0 Å². The lowest BCUT2D eigenvalue weighted by atomic mass is 9.78. The van der Waals surface area contributed by atoms with Crippen LogP contribution in [0, 0.1) is 17.3 Å². The number of methoxy groups -OCH3 is 2. The highest BCUT2D eigenvalue weighted by Gasteiger charge is 2.45. The van der Waals surface area contributed by atoms with Crippen molar-refractivity contribution < 1.29 is 19.4 Å². The minimum atomic E-state index is -0.918. The Morgan fingerprint density at radius 3 is 2.44 bits per heavy atom. The maximum atomic E-state index is 11.9. The Bertz CT molecular complexity index is 1280. The average molecular weight is 465 g/mol. The highest BCUT2D eigenvalue weighted by atomic mass is 16.5. The summed E-state index contributed by atoms with van der Waals surface area (Å²) in [7, 11) is 3.05. The number of hydrogen-bond donors (Lipinski definition) is 2. The number of amides is 1. The van der Waals surface area contributed by atoms with E-state index in [9.17, 15) is 9.90 Å². The SMILES string of the molecule is COc1cc(C#Cc2cc(C3CCN(C(=O)O)C3C(C)(C)C)n3ncnc(N)c23)cc(OC)n1. The molecular formula is C24H28N6O4. The molecule has 0 aliphatic carbocycles. The van der Waals surface area contributed by atoms with Gasteiger partial charge in [0.25, 0.3) is 0 Å². The Labute approximate surface area is 197 Å². The first-order valence-corrected chi connectivity index (χ1v) is 10.9. The number of pyridine rings is 1. The molecule has 1 saturated heterocycles. The van der Waals surface area contributed by atoms with Gasteiger partial charge in [-0.15, -0.1) is 0 Å². The fourth-order valence-corrected chi connectivity index (χ4v) is 4.74. The van der Waals surface area contributed by atoms with Crippen LogP contribution in [0.15, 0.2) is 24.5 Å². The molecular weight excluding hydrogens is 436 g/mol. The quantitative estimate of drug-likeness (QED) is 0.566. The third-order valence-electron chi connectivity index (χ3n) is 6.06. The first-order chi connectivity index (χ1) is 16.1. The van der Waals surface area contributed by atoms with Crippen molar-refractivity contribution in [1.82, 2.24) is 24.5 Å². The monoisotopic (exact) mass is 464 g/mol. The Morgan fingerprint density at radius 2 is 1.85 bits per heavy atom. The van der Waals surface area contributed by atoms with E-state index in [0.717, 1.165) is 5.69 Å². The van der Waals surface area contributed by atoms with Crippen molar-refractivity contribution in [2.24, 2.45) is 5.41 Å². The van der Waals surface area contributed by atoms with Crippen LogP contribution in [0.25, 0.3) is 5.52 Å². The van der Waals surface area contributed by atoms with Gasteiger partial charge in [0.1, 0.15) is 11.8 Å². The number of nitrogen functional groups attached to an aromatic ring is 1. The lowest BCUT2D eigenvalue weighted by molar-refractivity contribution is 0.101. The van der Waals surface area contributed by atoms with Crippen molar-refractivity contribution in [3.63, 3.8) is 0 Å². The van der Waals surface area contributed by atoms with E-state index in [1.807, 2.05) is 6.07 Å². The average Bonchev–Trinajstić information content (AvgIpc) is 3.40. The molecule has 4 rings (SSSR count). The molecule has 1 fully saturated rings. The number of hydrogen-bond acceptors (Lipinski definition) is 7. The van der Waals surface area contributed by atoms with E-state index in [2.05, 4.69) is 47.7 Å². The number of aromatic nitrogens is 4. The summed E-state index contributed by atoms with van der Waals surface area (Å²) in [5.74, 6) is 7.31. The van der Waals surface area contributed by atoms with Gasteiger partial charge in [0.15, 0.2) is 5.82 Å². The molecule has 10 nitrogen and oxygen atoms in total. The summed E-state index contributed by atoms with van der Waals surface area (Å²) in [6.07, 6.45) is 1.16. The second-order valence-electron chi connectivity index (χ2n) is 9.26. The maximum absolute atomic E-state index is 11.9. The van der Waals surface area contributed by atoms with E-state index in [1.165, 1.54) is 25.4 Å². The van der Waals surface area contributed by atoms with Gasteiger partial charge in [0, 0.05) is 41.9 Å². The van der Waals surface area contributed by atoms with Gasteiger partial charge in [0.2, 0.25) is 11.8 Å². The molecule has 0 aromatic carbocycles. The Hall–Kier alpha value is -4.00. The van der Waals surface area contributed by atoms with Gasteiger partial charge in [-0.05, 0) is 17.9 Å². The van der Waals surface area contributed by atoms with Crippen molar-refractivity contribution in [1.29, 1.82) is 0 Å². The Kier molecular flexibility index (Phi) is 5.96. The molecule has 0 radical (unpaired) electrons. The summed E-state index contributed by atoms with van der Waals surface area (Å²) in [5, 5.41) is 14.2. The number of fused-ring (bicyclic) bond motifs is 1. The summed E-state index contributed by atoms with van der Waals surface area (Å²) < 4.78 is 12.2. The van der Waals surface area contributed by atoms with Crippen LogP contribution in [-0.2, 0) is 0 Å². The highest BCUT2D eigenvalue weighted by molar-refractivity contribution is 5.76. The molecule has 1 aliphatic heterocycles. The van der Waals surface area contributed by atoms with Crippen molar-refractivity contribution in [3.8, 4) is 23.6 Å². The number of ether oxygens (including phenoxy) is 2. The second-order valence-corrected chi connectivity index (χ2v) is 9.26. The van der Waals surface area contributed by atoms with Gasteiger partial charge in [-0.3, -0.25) is 0 Å². The Morgan fingerprint density at radius 1 is 1.18 bits per heavy atom. The van der Waals surface area contributed by atoms with E-state index in [-0.39, 0.29) is 17.4 Å². The zero-order valence-electron chi connectivity index (χ0n) is 19.9. The third kappa shape index (κ3) is 4.17. The number of likely N-dealkylation sites (tertiary alicyclic amines) is 1. The summed E-state index contributed by atoms with van der Waals surface area (Å²) in [5.41, 5.74) is 8.73. The molecule has 10 heteroatoms. The molecule has 4 heterocycles. The molecule has 1 aliphatic rings. The molecule has 1 amide bonds. The summed E-state index contributed by atoms with van der Waals surface area (Å²) in [4.78, 5) is 21.8. The van der Waals surface area contributed by atoms with Crippen molar-refractivity contribution >= 4 is 17.4 Å². The van der Waals surface area contributed by atoms with Crippen molar-refractivity contribution in [2.75, 3.05) is 26.5 Å². The van der Waals surface area contributed by atoms with E-state index >= 15 is 0 Å². The van der Waals surface area contributed by atoms with Crippen LogP contribution < -0.4 is 15.2 Å². The maximum Gasteiger partial charge on any atom is 0.407 e. The molecule has 3 N–H and O–H groups in total. The zero-order valence-corrected chi connectivity index (χ0v) is 19.9. The van der Waals surface area contributed by atoms with Crippen LogP contribution in [0.4, 0.5) is 10.6 Å². The summed E-state index contributed by atoms with van der Waals surface area (Å²) in [6.45, 7) is 6.61. The first-order valence-electron chi connectivity index (χ1n) is 10.9. The highest BCUT2D eigenvalue weighted by Crippen LogP contribution is 2.43. The third-order valence-corrected chi connectivity index (χ3v) is 6.06. The van der Waals surface area contributed by atoms with Crippen LogP contribution in [-0.4, -0.2) is 62.5 Å². The lowest BCUT2D eigenvalue weighted by Gasteiger charge is -2.36. The number of anilines is 1. The van der Waals surface area contributed by atoms with Gasteiger partial charge in [0.05, 0.1) is 19.8 Å². The molecule has 0 saturated carbocycles. The van der Waals surface area contributed by atoms with Crippen molar-refractivity contribution in [2.45, 2.75) is 39.2 Å². The van der Waals surface area contributed by atoms with Gasteiger partial charge in [-0.1, -0.05) is 32.6 Å². The number of carboxylic acid groups (broad SMARTS) is 1. The summed E-state index contributed by atoms with van der Waals surface area (Å²) in [6, 6.07) is 5.14. The normalized spacial score (nSPS) is 18.0. The van der Waals surface area contributed by atoms with Crippen molar-refractivity contribution in [3.05, 3.63) is 41.3 Å². The minimum absolute atomic E-state index is 0.0745. The van der Waals surface area contributed by atoms with Crippen LogP contribution in [0.5, 0.6) is 11.8 Å². The first kappa shape index (κ1) is 23.2. The lowest BCUT2D eigenvalue weighted by Crippen LogP contribution is -2.45. The predicted molar refractivity (Wildman–Crippen MR) is 126 cm³/mol. The molecule has 3 aromatic heterocycles. The Balaban J connectivity index is 1.84. The molecule has 0 bridgehead atoms. The van der Waals surface area contributed by atoms with E-state index in [1.54, 1.807) is 16.6 Å². The van der Waals surface area contributed by atoms with Crippen LogP contribution in [0.1, 0.15) is 49.9 Å². The second kappa shape index (κ2) is 8.74. The van der Waals surface area contributed by atoms with E-state index in [0.29, 0.717) is 47.2 Å². The molecule has 2 unspecified atom stereocenters. The number of nitrogens with two attached hydrogens (primary N) is 1. The van der Waals surface area contributed by atoms with Gasteiger partial charge in [-0.25, -0.2) is 14.3 Å².